The zero-order valence-electron chi connectivity index (χ0n) is 18.5. The SMILES string of the molecule is CN(CC(O)c1cccc(O)c1)C(=O)Oc1cnc(NCc2cccs2)nc1-c1ccccc1. The molecule has 0 bridgehead atoms. The number of aromatic nitrogens is 2. The lowest BCUT2D eigenvalue weighted by molar-refractivity contribution is 0.112. The van der Waals surface area contributed by atoms with Gasteiger partial charge in [0.05, 0.1) is 25.4 Å². The van der Waals surface area contributed by atoms with E-state index >= 15 is 0 Å². The number of rotatable bonds is 8. The number of phenols is 1. The largest absolute Gasteiger partial charge is 0.508 e. The Morgan fingerprint density at radius 2 is 1.97 bits per heavy atom. The van der Waals surface area contributed by atoms with Gasteiger partial charge in [0.15, 0.2) is 5.75 Å². The normalized spacial score (nSPS) is 11.6. The van der Waals surface area contributed by atoms with E-state index in [-0.39, 0.29) is 18.0 Å². The van der Waals surface area contributed by atoms with Crippen molar-refractivity contribution in [1.82, 2.24) is 14.9 Å². The number of thiophene rings is 1. The molecule has 2 heterocycles. The van der Waals surface area contributed by atoms with Crippen LogP contribution in [0.15, 0.2) is 78.3 Å². The first-order chi connectivity index (χ1) is 16.5. The molecule has 2 aromatic carbocycles. The van der Waals surface area contributed by atoms with Crippen molar-refractivity contribution < 1.29 is 19.7 Å². The minimum atomic E-state index is -0.988. The number of ether oxygens (including phenoxy) is 1. The molecule has 0 aliphatic rings. The van der Waals surface area contributed by atoms with Gasteiger partial charge in [0.1, 0.15) is 11.4 Å². The number of aliphatic hydroxyl groups is 1. The fourth-order valence-electron chi connectivity index (χ4n) is 3.26. The number of nitrogens with one attached hydrogen (secondary N) is 1. The van der Waals surface area contributed by atoms with Gasteiger partial charge in [-0.05, 0) is 29.1 Å². The molecule has 8 nitrogen and oxygen atoms in total. The molecule has 1 amide bonds. The summed E-state index contributed by atoms with van der Waals surface area (Å²) in [7, 11) is 1.52. The molecule has 4 rings (SSSR count). The Balaban J connectivity index is 1.49. The number of anilines is 1. The topological polar surface area (TPSA) is 108 Å². The number of nitrogens with zero attached hydrogens (tertiary/aromatic N) is 3. The molecule has 1 unspecified atom stereocenters. The first kappa shape index (κ1) is 23.2. The van der Waals surface area contributed by atoms with Crippen LogP contribution in [0.3, 0.4) is 0 Å². The highest BCUT2D eigenvalue weighted by Crippen LogP contribution is 2.29. The molecule has 0 radical (unpaired) electrons. The van der Waals surface area contributed by atoms with E-state index in [0.717, 1.165) is 10.4 Å². The van der Waals surface area contributed by atoms with E-state index in [1.54, 1.807) is 23.5 Å². The summed E-state index contributed by atoms with van der Waals surface area (Å²) in [6.45, 7) is 0.560. The maximum Gasteiger partial charge on any atom is 0.415 e. The Labute approximate surface area is 201 Å². The molecule has 3 N–H and O–H groups in total. The predicted octanol–water partition coefficient (Wildman–Crippen LogP) is 4.69. The van der Waals surface area contributed by atoms with Gasteiger partial charge >= 0.3 is 6.09 Å². The number of amides is 1. The molecule has 34 heavy (non-hydrogen) atoms. The number of benzene rings is 2. The van der Waals surface area contributed by atoms with Crippen LogP contribution >= 0.6 is 11.3 Å². The van der Waals surface area contributed by atoms with E-state index in [4.69, 9.17) is 4.74 Å². The van der Waals surface area contributed by atoms with E-state index in [9.17, 15) is 15.0 Å². The Morgan fingerprint density at radius 1 is 1.15 bits per heavy atom. The van der Waals surface area contributed by atoms with Gasteiger partial charge in [0, 0.05) is 17.5 Å². The molecule has 0 fully saturated rings. The van der Waals surface area contributed by atoms with Crippen molar-refractivity contribution >= 4 is 23.4 Å². The van der Waals surface area contributed by atoms with Crippen LogP contribution in [0.25, 0.3) is 11.3 Å². The minimum Gasteiger partial charge on any atom is -0.508 e. The van der Waals surface area contributed by atoms with Crippen molar-refractivity contribution in [2.75, 3.05) is 18.9 Å². The second-order valence-corrected chi connectivity index (χ2v) is 8.60. The van der Waals surface area contributed by atoms with Crippen LogP contribution in [0.2, 0.25) is 0 Å². The number of carbonyl (C=O) groups is 1. The average Bonchev–Trinajstić information content (AvgIpc) is 3.37. The summed E-state index contributed by atoms with van der Waals surface area (Å²) >= 11 is 1.63. The molecule has 2 aromatic heterocycles. The van der Waals surface area contributed by atoms with Gasteiger partial charge in [-0.25, -0.2) is 14.8 Å². The molecule has 0 saturated heterocycles. The van der Waals surface area contributed by atoms with Gasteiger partial charge in [-0.3, -0.25) is 0 Å². The number of likely N-dealkylation sites (N-methyl/N-ethyl adjacent to an activating group) is 1. The Morgan fingerprint density at radius 3 is 2.71 bits per heavy atom. The van der Waals surface area contributed by atoms with E-state index in [2.05, 4.69) is 15.3 Å². The molecule has 4 aromatic rings. The first-order valence-corrected chi connectivity index (χ1v) is 11.5. The van der Waals surface area contributed by atoms with Crippen LogP contribution < -0.4 is 10.1 Å². The average molecular weight is 477 g/mol. The van der Waals surface area contributed by atoms with Crippen LogP contribution in [0.5, 0.6) is 11.5 Å². The summed E-state index contributed by atoms with van der Waals surface area (Å²) < 4.78 is 5.60. The maximum absolute atomic E-state index is 12.8. The first-order valence-electron chi connectivity index (χ1n) is 10.6. The molecule has 0 aliphatic heterocycles. The maximum atomic E-state index is 12.8. The van der Waals surface area contributed by atoms with Gasteiger partial charge in [-0.2, -0.15) is 0 Å². The van der Waals surface area contributed by atoms with E-state index in [0.29, 0.717) is 23.8 Å². The zero-order valence-corrected chi connectivity index (χ0v) is 19.3. The van der Waals surface area contributed by atoms with Gasteiger partial charge in [-0.15, -0.1) is 11.3 Å². The fraction of sp³-hybridized carbons (Fsp3) is 0.160. The number of phenolic OH excluding ortho intramolecular Hbond substituents is 1. The third-order valence-corrected chi connectivity index (χ3v) is 5.89. The molecular weight excluding hydrogens is 452 g/mol. The monoisotopic (exact) mass is 476 g/mol. The standard InChI is InChI=1S/C25H24N4O4S/c1-29(16-21(31)18-9-5-10-19(30)13-18)25(32)33-22-15-27-24(26-14-20-11-6-12-34-20)28-23(22)17-7-3-2-4-8-17/h2-13,15,21,30-31H,14,16H2,1H3,(H,26,27,28). The van der Waals surface area contributed by atoms with Crippen molar-refractivity contribution in [3.8, 4) is 22.8 Å². The lowest BCUT2D eigenvalue weighted by Gasteiger charge is -2.21. The lowest BCUT2D eigenvalue weighted by Crippen LogP contribution is -2.33. The van der Waals surface area contributed by atoms with Gasteiger partial charge in [0.2, 0.25) is 5.95 Å². The number of carbonyl (C=O) groups excluding carboxylic acids is 1. The zero-order chi connectivity index (χ0) is 23.9. The Kier molecular flexibility index (Phi) is 7.36. The van der Waals surface area contributed by atoms with Crippen LogP contribution in [-0.4, -0.2) is 44.8 Å². The third-order valence-electron chi connectivity index (χ3n) is 5.01. The number of hydrogen-bond donors (Lipinski definition) is 3. The van der Waals surface area contributed by atoms with Crippen LogP contribution in [-0.2, 0) is 6.54 Å². The predicted molar refractivity (Wildman–Crippen MR) is 131 cm³/mol. The summed E-state index contributed by atoms with van der Waals surface area (Å²) in [6.07, 6.45) is -0.193. The molecule has 0 saturated carbocycles. The van der Waals surface area contributed by atoms with Crippen molar-refractivity contribution in [3.05, 3.63) is 88.7 Å². The van der Waals surface area contributed by atoms with Crippen LogP contribution in [0, 0.1) is 0 Å². The summed E-state index contributed by atoms with van der Waals surface area (Å²) in [5, 5.41) is 25.3. The van der Waals surface area contributed by atoms with Gasteiger partial charge < -0.3 is 25.2 Å². The summed E-state index contributed by atoms with van der Waals surface area (Å²) in [5.41, 5.74) is 1.74. The van der Waals surface area contributed by atoms with Crippen molar-refractivity contribution in [1.29, 1.82) is 0 Å². The Bertz CT molecular complexity index is 1230. The number of aromatic hydroxyl groups is 1. The highest BCUT2D eigenvalue weighted by atomic mass is 32.1. The summed E-state index contributed by atoms with van der Waals surface area (Å²) in [6, 6.07) is 19.7. The smallest absolute Gasteiger partial charge is 0.415 e. The molecule has 174 valence electrons. The van der Waals surface area contributed by atoms with Crippen LogP contribution in [0.1, 0.15) is 16.5 Å². The van der Waals surface area contributed by atoms with Gasteiger partial charge in [-0.1, -0.05) is 48.5 Å². The minimum absolute atomic E-state index is 0.0235. The van der Waals surface area contributed by atoms with Gasteiger partial charge in [0.25, 0.3) is 0 Å². The van der Waals surface area contributed by atoms with E-state index in [1.807, 2.05) is 47.8 Å². The molecular formula is C25H24N4O4S. The fourth-order valence-corrected chi connectivity index (χ4v) is 3.90. The molecule has 1 atom stereocenters. The quantitative estimate of drug-likeness (QED) is 0.339. The second-order valence-electron chi connectivity index (χ2n) is 7.56. The summed E-state index contributed by atoms with van der Waals surface area (Å²) in [5.74, 6) is 0.662. The van der Waals surface area contributed by atoms with Crippen molar-refractivity contribution in [3.63, 3.8) is 0 Å². The van der Waals surface area contributed by atoms with Crippen molar-refractivity contribution in [2.45, 2.75) is 12.6 Å². The van der Waals surface area contributed by atoms with Crippen LogP contribution in [0.4, 0.5) is 10.7 Å². The van der Waals surface area contributed by atoms with E-state index < -0.39 is 12.2 Å². The van der Waals surface area contributed by atoms with Crippen molar-refractivity contribution in [2.24, 2.45) is 0 Å². The number of hydrogen-bond acceptors (Lipinski definition) is 8. The molecule has 0 aliphatic carbocycles. The molecule has 0 spiro atoms. The highest BCUT2D eigenvalue weighted by molar-refractivity contribution is 7.09. The Hall–Kier alpha value is -3.95. The lowest BCUT2D eigenvalue weighted by atomic mass is 10.1. The van der Waals surface area contributed by atoms with E-state index in [1.165, 1.54) is 30.3 Å². The number of aliphatic hydroxyl groups excluding tert-OH is 1. The molecule has 9 heteroatoms. The third kappa shape index (κ3) is 5.89. The highest BCUT2D eigenvalue weighted by Gasteiger charge is 2.20. The summed E-state index contributed by atoms with van der Waals surface area (Å²) in [4.78, 5) is 24.1. The second kappa shape index (κ2) is 10.8.